The molecule has 0 unspecified atom stereocenters. The highest BCUT2D eigenvalue weighted by atomic mass is 32.2. The molecule has 32 heavy (non-hydrogen) atoms. The Hall–Kier alpha value is -2.45. The lowest BCUT2D eigenvalue weighted by molar-refractivity contribution is -0.275. The number of halogens is 3. The molecule has 2 rings (SSSR count). The van der Waals surface area contributed by atoms with E-state index in [1.54, 1.807) is 13.8 Å². The molecule has 11 heteroatoms. The Morgan fingerprint density at radius 3 is 2.38 bits per heavy atom. The van der Waals surface area contributed by atoms with Gasteiger partial charge in [-0.15, -0.1) is 13.2 Å². The molecule has 0 radical (unpaired) electrons. The van der Waals surface area contributed by atoms with Crippen LogP contribution in [0.1, 0.15) is 56.3 Å². The fraction of sp³-hybridized carbons (Fsp3) is 0.571. The molecule has 0 saturated heterocycles. The first-order valence-electron chi connectivity index (χ1n) is 9.96. The van der Waals surface area contributed by atoms with Gasteiger partial charge >= 0.3 is 12.3 Å². The number of esters is 1. The number of alkyl halides is 3. The van der Waals surface area contributed by atoms with Gasteiger partial charge in [0.25, 0.3) is 0 Å². The van der Waals surface area contributed by atoms with Crippen molar-refractivity contribution >= 4 is 16.1 Å². The fourth-order valence-corrected chi connectivity index (χ4v) is 3.35. The normalized spacial score (nSPS) is 15.4. The smallest absolute Gasteiger partial charge is 0.573 e. The molecule has 1 aliphatic carbocycles. The predicted molar refractivity (Wildman–Crippen MR) is 107 cm³/mol. The third-order valence-electron chi connectivity index (χ3n) is 4.52. The zero-order valence-electron chi connectivity index (χ0n) is 17.7. The summed E-state index contributed by atoms with van der Waals surface area (Å²) in [5.41, 5.74) is -1.41. The van der Waals surface area contributed by atoms with Crippen molar-refractivity contribution in [3.8, 4) is 23.3 Å². The summed E-state index contributed by atoms with van der Waals surface area (Å²) in [4.78, 5) is 12.1. The second kappa shape index (κ2) is 10.4. The zero-order valence-corrected chi connectivity index (χ0v) is 18.5. The Labute approximate surface area is 185 Å². The van der Waals surface area contributed by atoms with E-state index >= 15 is 0 Å². The van der Waals surface area contributed by atoms with Crippen LogP contribution in [0.2, 0.25) is 0 Å². The maximum Gasteiger partial charge on any atom is 0.573 e. The van der Waals surface area contributed by atoms with Crippen molar-refractivity contribution in [1.29, 1.82) is 0 Å². The summed E-state index contributed by atoms with van der Waals surface area (Å²) < 4.78 is 84.6. The SMILES string of the molecule is CC(C)(C#CC1CCCCC1)Oc1cc(C(=O)OCCS(=O)(=O)[O-])ccc1OC(F)(F)F. The van der Waals surface area contributed by atoms with Crippen LogP contribution in [-0.4, -0.2) is 43.3 Å². The molecule has 0 heterocycles. The van der Waals surface area contributed by atoms with Crippen LogP contribution in [0, 0.1) is 17.8 Å². The van der Waals surface area contributed by atoms with Crippen molar-refractivity contribution in [1.82, 2.24) is 0 Å². The average molecular weight is 477 g/mol. The number of hydrogen-bond acceptors (Lipinski definition) is 7. The van der Waals surface area contributed by atoms with Crippen LogP contribution in [0.5, 0.6) is 11.5 Å². The van der Waals surface area contributed by atoms with Gasteiger partial charge in [-0.3, -0.25) is 0 Å². The van der Waals surface area contributed by atoms with E-state index in [1.807, 2.05) is 0 Å². The summed E-state index contributed by atoms with van der Waals surface area (Å²) in [6, 6.07) is 2.87. The standard InChI is InChI=1S/C21H25F3O7S/c1-20(2,11-10-15-6-4-3-5-7-15)30-18-14-16(8-9-17(18)31-21(22,23)24)19(25)29-12-13-32(26,27)28/h8-9,14-15H,3-7,12-13H2,1-2H3,(H,26,27,28)/p-1. The predicted octanol–water partition coefficient (Wildman–Crippen LogP) is 4.03. The number of hydrogen-bond donors (Lipinski definition) is 0. The van der Waals surface area contributed by atoms with E-state index in [1.165, 1.54) is 0 Å². The minimum Gasteiger partial charge on any atom is -0.748 e. The van der Waals surface area contributed by atoms with Crippen LogP contribution in [0.3, 0.4) is 0 Å². The maximum atomic E-state index is 12.8. The van der Waals surface area contributed by atoms with Gasteiger partial charge in [-0.05, 0) is 44.9 Å². The third kappa shape index (κ3) is 9.36. The van der Waals surface area contributed by atoms with Crippen molar-refractivity contribution in [2.75, 3.05) is 12.4 Å². The molecule has 1 aromatic rings. The first-order valence-corrected chi connectivity index (χ1v) is 11.5. The van der Waals surface area contributed by atoms with Crippen LogP contribution in [-0.2, 0) is 14.9 Å². The largest absolute Gasteiger partial charge is 0.748 e. The Balaban J connectivity index is 2.23. The van der Waals surface area contributed by atoms with Crippen LogP contribution in [0.15, 0.2) is 18.2 Å². The van der Waals surface area contributed by atoms with E-state index in [4.69, 9.17) is 9.47 Å². The minimum absolute atomic E-state index is 0.191. The number of rotatable bonds is 7. The second-order valence-corrected chi connectivity index (χ2v) is 9.35. The molecule has 0 N–H and O–H groups in total. The Morgan fingerprint density at radius 1 is 1.12 bits per heavy atom. The second-order valence-electron chi connectivity index (χ2n) is 7.82. The van der Waals surface area contributed by atoms with Crippen molar-refractivity contribution in [3.05, 3.63) is 23.8 Å². The van der Waals surface area contributed by atoms with Gasteiger partial charge in [-0.1, -0.05) is 31.1 Å². The van der Waals surface area contributed by atoms with Crippen LogP contribution in [0.4, 0.5) is 13.2 Å². The highest BCUT2D eigenvalue weighted by Crippen LogP contribution is 2.35. The molecule has 0 aromatic heterocycles. The molecular weight excluding hydrogens is 453 g/mol. The first kappa shape index (κ1) is 25.8. The minimum atomic E-state index is -5.00. The van der Waals surface area contributed by atoms with Gasteiger partial charge in [0.15, 0.2) is 17.1 Å². The molecular formula is C21H24F3O7S-. The Bertz CT molecular complexity index is 969. The lowest BCUT2D eigenvalue weighted by Gasteiger charge is -2.24. The van der Waals surface area contributed by atoms with E-state index < -0.39 is 51.9 Å². The summed E-state index contributed by atoms with van der Waals surface area (Å²) in [5.74, 6) is 3.21. The number of carbonyl (C=O) groups excluding carboxylic acids is 1. The van der Waals surface area contributed by atoms with Crippen LogP contribution < -0.4 is 9.47 Å². The zero-order chi connectivity index (χ0) is 24.0. The van der Waals surface area contributed by atoms with Gasteiger partial charge in [0.2, 0.25) is 0 Å². The topological polar surface area (TPSA) is 102 Å². The average Bonchev–Trinajstić information content (AvgIpc) is 2.66. The number of carbonyl (C=O) groups is 1. The Morgan fingerprint density at radius 2 is 1.78 bits per heavy atom. The highest BCUT2D eigenvalue weighted by molar-refractivity contribution is 7.85. The van der Waals surface area contributed by atoms with Crippen LogP contribution in [0.25, 0.3) is 0 Å². The fourth-order valence-electron chi connectivity index (χ4n) is 3.07. The van der Waals surface area contributed by atoms with Crippen molar-refractivity contribution in [2.45, 2.75) is 57.9 Å². The van der Waals surface area contributed by atoms with Crippen LogP contribution >= 0.6 is 0 Å². The van der Waals surface area contributed by atoms with Crippen molar-refractivity contribution < 1.29 is 45.1 Å². The number of benzene rings is 1. The summed E-state index contributed by atoms with van der Waals surface area (Å²) in [7, 11) is -4.59. The molecule has 0 aliphatic heterocycles. The lowest BCUT2D eigenvalue weighted by atomic mass is 9.89. The number of ether oxygens (including phenoxy) is 3. The maximum absolute atomic E-state index is 12.8. The van der Waals surface area contributed by atoms with Gasteiger partial charge in [0.05, 0.1) is 21.4 Å². The van der Waals surface area contributed by atoms with Gasteiger partial charge in [-0.25, -0.2) is 13.2 Å². The monoisotopic (exact) mass is 477 g/mol. The summed E-state index contributed by atoms with van der Waals surface area (Å²) in [6.45, 7) is 2.45. The lowest BCUT2D eigenvalue weighted by Crippen LogP contribution is -2.27. The molecule has 1 saturated carbocycles. The molecule has 7 nitrogen and oxygen atoms in total. The van der Waals surface area contributed by atoms with Crippen molar-refractivity contribution in [2.24, 2.45) is 5.92 Å². The van der Waals surface area contributed by atoms with E-state index in [2.05, 4.69) is 16.6 Å². The van der Waals surface area contributed by atoms with Gasteiger partial charge in [-0.2, -0.15) is 0 Å². The van der Waals surface area contributed by atoms with E-state index in [0.717, 1.165) is 50.3 Å². The molecule has 0 spiro atoms. The molecule has 1 fully saturated rings. The first-order chi connectivity index (χ1) is 14.7. The summed E-state index contributed by atoms with van der Waals surface area (Å²) in [5, 5.41) is 0. The van der Waals surface area contributed by atoms with E-state index in [0.29, 0.717) is 0 Å². The molecule has 0 bridgehead atoms. The molecule has 178 valence electrons. The molecule has 0 atom stereocenters. The summed E-state index contributed by atoms with van der Waals surface area (Å²) >= 11 is 0. The molecule has 1 aliphatic rings. The third-order valence-corrected chi connectivity index (χ3v) is 5.19. The Kier molecular flexibility index (Phi) is 8.42. The van der Waals surface area contributed by atoms with Gasteiger partial charge < -0.3 is 18.8 Å². The van der Waals surface area contributed by atoms with E-state index in [-0.39, 0.29) is 11.5 Å². The van der Waals surface area contributed by atoms with Gasteiger partial charge in [0, 0.05) is 5.92 Å². The van der Waals surface area contributed by atoms with Crippen molar-refractivity contribution in [3.63, 3.8) is 0 Å². The van der Waals surface area contributed by atoms with Gasteiger partial charge in [0.1, 0.15) is 6.61 Å². The quantitative estimate of drug-likeness (QED) is 0.332. The van der Waals surface area contributed by atoms with E-state index in [9.17, 15) is 30.9 Å². The highest BCUT2D eigenvalue weighted by Gasteiger charge is 2.33. The summed E-state index contributed by atoms with van der Waals surface area (Å²) in [6.07, 6.45) is 0.197. The molecule has 0 amide bonds. The molecule has 1 aromatic carbocycles.